The molecule has 1 aromatic rings. The Bertz CT molecular complexity index is 686. The fraction of sp³-hybridized carbons (Fsp3) is 0.529. The third-order valence-electron chi connectivity index (χ3n) is 4.10. The van der Waals surface area contributed by atoms with Crippen molar-refractivity contribution >= 4 is 21.7 Å². The first-order valence-electron chi connectivity index (χ1n) is 8.02. The van der Waals surface area contributed by atoms with Gasteiger partial charge in [0.2, 0.25) is 0 Å². The van der Waals surface area contributed by atoms with Crippen molar-refractivity contribution in [1.82, 2.24) is 5.32 Å². The first kappa shape index (κ1) is 18.4. The molecule has 0 unspecified atom stereocenters. The van der Waals surface area contributed by atoms with Crippen LogP contribution in [0.4, 0.5) is 0 Å². The SMILES string of the molecule is C[C@@H](OC(=O)C[C@H](C)c1ccccc1)C(=O)N[C@@H]1CCS(=O)(=O)C1. The van der Waals surface area contributed by atoms with Crippen LogP contribution in [0.1, 0.15) is 38.2 Å². The van der Waals surface area contributed by atoms with E-state index in [1.807, 2.05) is 37.3 Å². The molecule has 0 aliphatic carbocycles. The molecule has 1 aliphatic rings. The molecule has 24 heavy (non-hydrogen) atoms. The number of sulfone groups is 1. The second kappa shape index (κ2) is 7.79. The van der Waals surface area contributed by atoms with Crippen LogP contribution >= 0.6 is 0 Å². The van der Waals surface area contributed by atoms with Crippen molar-refractivity contribution in [3.05, 3.63) is 35.9 Å². The van der Waals surface area contributed by atoms with Crippen molar-refractivity contribution in [2.75, 3.05) is 11.5 Å². The highest BCUT2D eigenvalue weighted by atomic mass is 32.2. The molecule has 1 saturated heterocycles. The van der Waals surface area contributed by atoms with Crippen molar-refractivity contribution in [2.45, 2.75) is 44.8 Å². The Morgan fingerprint density at radius 3 is 2.50 bits per heavy atom. The molecule has 0 radical (unpaired) electrons. The maximum atomic E-state index is 12.0. The molecule has 0 bridgehead atoms. The van der Waals surface area contributed by atoms with Crippen molar-refractivity contribution in [1.29, 1.82) is 0 Å². The molecule has 7 heteroatoms. The normalized spacial score (nSPS) is 21.7. The van der Waals surface area contributed by atoms with Gasteiger partial charge in [-0.15, -0.1) is 0 Å². The maximum absolute atomic E-state index is 12.0. The second-order valence-corrected chi connectivity index (χ2v) is 8.49. The van der Waals surface area contributed by atoms with Crippen molar-refractivity contribution in [3.63, 3.8) is 0 Å². The number of hydrogen-bond acceptors (Lipinski definition) is 5. The van der Waals surface area contributed by atoms with E-state index in [1.54, 1.807) is 0 Å². The maximum Gasteiger partial charge on any atom is 0.307 e. The fourth-order valence-electron chi connectivity index (χ4n) is 2.68. The van der Waals surface area contributed by atoms with Crippen LogP contribution in [0.25, 0.3) is 0 Å². The summed E-state index contributed by atoms with van der Waals surface area (Å²) >= 11 is 0. The smallest absolute Gasteiger partial charge is 0.307 e. The Hall–Kier alpha value is -1.89. The van der Waals surface area contributed by atoms with Crippen LogP contribution in [0.15, 0.2) is 30.3 Å². The van der Waals surface area contributed by atoms with E-state index in [0.29, 0.717) is 6.42 Å². The molecule has 2 rings (SSSR count). The van der Waals surface area contributed by atoms with E-state index in [0.717, 1.165) is 5.56 Å². The third kappa shape index (κ3) is 5.33. The molecule has 0 saturated carbocycles. The van der Waals surface area contributed by atoms with Gasteiger partial charge in [0.25, 0.3) is 5.91 Å². The van der Waals surface area contributed by atoms with Crippen LogP contribution in [0, 0.1) is 0 Å². The van der Waals surface area contributed by atoms with Gasteiger partial charge in [0, 0.05) is 6.04 Å². The van der Waals surface area contributed by atoms with Crippen LogP contribution < -0.4 is 5.32 Å². The topological polar surface area (TPSA) is 89.5 Å². The molecule has 1 aliphatic heterocycles. The zero-order valence-corrected chi connectivity index (χ0v) is 14.7. The summed E-state index contributed by atoms with van der Waals surface area (Å²) in [6.45, 7) is 3.41. The molecule has 1 aromatic carbocycles. The van der Waals surface area contributed by atoms with Gasteiger partial charge in [-0.25, -0.2) is 8.42 Å². The van der Waals surface area contributed by atoms with Crippen molar-refractivity contribution < 1.29 is 22.7 Å². The minimum absolute atomic E-state index is 0.00561. The predicted octanol–water partition coefficient (Wildman–Crippen LogP) is 1.42. The third-order valence-corrected chi connectivity index (χ3v) is 5.87. The van der Waals surface area contributed by atoms with Gasteiger partial charge in [-0.3, -0.25) is 9.59 Å². The summed E-state index contributed by atoms with van der Waals surface area (Å²) in [7, 11) is -3.06. The summed E-state index contributed by atoms with van der Waals surface area (Å²) < 4.78 is 27.9. The van der Waals surface area contributed by atoms with Crippen molar-refractivity contribution in [3.8, 4) is 0 Å². The molecule has 0 aromatic heterocycles. The zero-order valence-electron chi connectivity index (χ0n) is 13.9. The summed E-state index contributed by atoms with van der Waals surface area (Å²) in [6.07, 6.45) is -0.358. The average Bonchev–Trinajstić information content (AvgIpc) is 2.86. The Kier molecular flexibility index (Phi) is 5.99. The molecule has 1 fully saturated rings. The number of rotatable bonds is 6. The predicted molar refractivity (Wildman–Crippen MR) is 90.2 cm³/mol. The average molecular weight is 353 g/mol. The molecule has 0 spiro atoms. The molecule has 1 amide bonds. The number of esters is 1. The van der Waals surface area contributed by atoms with E-state index in [1.165, 1.54) is 6.92 Å². The summed E-state index contributed by atoms with van der Waals surface area (Å²) in [5.41, 5.74) is 1.03. The van der Waals surface area contributed by atoms with Crippen LogP contribution in [-0.2, 0) is 24.2 Å². The van der Waals surface area contributed by atoms with E-state index in [-0.39, 0.29) is 23.8 Å². The number of carbonyl (C=O) groups excluding carboxylic acids is 2. The van der Waals surface area contributed by atoms with Crippen LogP contribution in [-0.4, -0.2) is 43.9 Å². The minimum Gasteiger partial charge on any atom is -0.453 e. The van der Waals surface area contributed by atoms with Gasteiger partial charge in [-0.2, -0.15) is 0 Å². The minimum atomic E-state index is -3.06. The molecule has 132 valence electrons. The molecular weight excluding hydrogens is 330 g/mol. The van der Waals surface area contributed by atoms with E-state index in [9.17, 15) is 18.0 Å². The molecule has 1 N–H and O–H groups in total. The summed E-state index contributed by atoms with van der Waals surface area (Å²) in [5, 5.41) is 2.63. The molecular formula is C17H23NO5S. The van der Waals surface area contributed by atoms with Gasteiger partial charge in [-0.1, -0.05) is 37.3 Å². The lowest BCUT2D eigenvalue weighted by atomic mass is 9.98. The van der Waals surface area contributed by atoms with Gasteiger partial charge in [0.05, 0.1) is 17.9 Å². The lowest BCUT2D eigenvalue weighted by molar-refractivity contribution is -0.155. The number of hydrogen-bond donors (Lipinski definition) is 1. The number of benzene rings is 1. The summed E-state index contributed by atoms with van der Waals surface area (Å²) in [4.78, 5) is 24.0. The van der Waals surface area contributed by atoms with Gasteiger partial charge in [0.1, 0.15) is 0 Å². The van der Waals surface area contributed by atoms with E-state index in [4.69, 9.17) is 4.74 Å². The van der Waals surface area contributed by atoms with Crippen molar-refractivity contribution in [2.24, 2.45) is 0 Å². The van der Waals surface area contributed by atoms with Gasteiger partial charge >= 0.3 is 5.97 Å². The molecule has 1 heterocycles. The van der Waals surface area contributed by atoms with E-state index in [2.05, 4.69) is 5.32 Å². The highest BCUT2D eigenvalue weighted by molar-refractivity contribution is 7.91. The number of carbonyl (C=O) groups is 2. The Morgan fingerprint density at radius 2 is 1.92 bits per heavy atom. The van der Waals surface area contributed by atoms with Gasteiger partial charge in [0.15, 0.2) is 15.9 Å². The first-order valence-corrected chi connectivity index (χ1v) is 9.84. The molecule has 6 nitrogen and oxygen atoms in total. The number of amides is 1. The standard InChI is InChI=1S/C17H23NO5S/c1-12(14-6-4-3-5-7-14)10-16(19)23-13(2)17(20)18-15-8-9-24(21,22)11-15/h3-7,12-13,15H,8-11H2,1-2H3,(H,18,20)/t12-,13+,15+/m0/s1. The highest BCUT2D eigenvalue weighted by Gasteiger charge is 2.30. The number of ether oxygens (including phenoxy) is 1. The number of nitrogens with one attached hydrogen (secondary N) is 1. The zero-order chi connectivity index (χ0) is 17.7. The molecule has 3 atom stereocenters. The summed E-state index contributed by atoms with van der Waals surface area (Å²) in [5.74, 6) is -0.884. The van der Waals surface area contributed by atoms with E-state index < -0.39 is 33.9 Å². The van der Waals surface area contributed by atoms with Crippen LogP contribution in [0.2, 0.25) is 0 Å². The monoisotopic (exact) mass is 353 g/mol. The summed E-state index contributed by atoms with van der Waals surface area (Å²) in [6, 6.07) is 9.20. The fourth-order valence-corrected chi connectivity index (χ4v) is 4.35. The Labute approximate surface area is 142 Å². The lowest BCUT2D eigenvalue weighted by Crippen LogP contribution is -2.42. The van der Waals surface area contributed by atoms with Gasteiger partial charge < -0.3 is 10.1 Å². The first-order chi connectivity index (χ1) is 11.3. The highest BCUT2D eigenvalue weighted by Crippen LogP contribution is 2.19. The largest absolute Gasteiger partial charge is 0.453 e. The Morgan fingerprint density at radius 1 is 1.25 bits per heavy atom. The van der Waals surface area contributed by atoms with E-state index >= 15 is 0 Å². The Balaban J connectivity index is 1.79. The second-order valence-electron chi connectivity index (χ2n) is 6.26. The van der Waals surface area contributed by atoms with Crippen LogP contribution in [0.3, 0.4) is 0 Å². The lowest BCUT2D eigenvalue weighted by Gasteiger charge is -2.18. The van der Waals surface area contributed by atoms with Gasteiger partial charge in [-0.05, 0) is 24.8 Å². The van der Waals surface area contributed by atoms with Crippen LogP contribution in [0.5, 0.6) is 0 Å². The quantitative estimate of drug-likeness (QED) is 0.781.